The number of fused-ring (bicyclic) bond motifs is 1. The van der Waals surface area contributed by atoms with Crippen molar-refractivity contribution < 1.29 is 17.6 Å². The molecule has 0 atom stereocenters. The first-order valence-corrected chi connectivity index (χ1v) is 6.67. The molecule has 0 fully saturated rings. The summed E-state index contributed by atoms with van der Waals surface area (Å²) in [6.45, 7) is 5.32. The van der Waals surface area contributed by atoms with Gasteiger partial charge in [-0.05, 0) is 34.1 Å². The van der Waals surface area contributed by atoms with Gasteiger partial charge in [-0.25, -0.2) is 4.39 Å². The van der Waals surface area contributed by atoms with E-state index in [1.54, 1.807) is 20.8 Å². The molecule has 0 radical (unpaired) electrons. The van der Waals surface area contributed by atoms with E-state index in [-0.39, 0.29) is 15.4 Å². The highest BCUT2D eigenvalue weighted by molar-refractivity contribution is 9.10. The van der Waals surface area contributed by atoms with Gasteiger partial charge >= 0.3 is 6.18 Å². The van der Waals surface area contributed by atoms with E-state index < -0.39 is 23.0 Å². The third-order valence-electron chi connectivity index (χ3n) is 2.88. The van der Waals surface area contributed by atoms with Gasteiger partial charge in [0.2, 0.25) is 0 Å². The Morgan fingerprint density at radius 1 is 1.10 bits per heavy atom. The maximum atomic E-state index is 13.3. The second kappa shape index (κ2) is 4.69. The van der Waals surface area contributed by atoms with Crippen molar-refractivity contribution in [3.8, 4) is 0 Å². The molecule has 0 aliphatic rings. The van der Waals surface area contributed by atoms with Crippen LogP contribution in [0.15, 0.2) is 22.7 Å². The third kappa shape index (κ3) is 2.66. The van der Waals surface area contributed by atoms with Crippen LogP contribution >= 0.6 is 15.9 Å². The first-order valence-electron chi connectivity index (χ1n) is 5.88. The highest BCUT2D eigenvalue weighted by Crippen LogP contribution is 2.43. The van der Waals surface area contributed by atoms with Crippen LogP contribution in [0.5, 0.6) is 0 Å². The molecular weight excluding hydrogens is 338 g/mol. The summed E-state index contributed by atoms with van der Waals surface area (Å²) in [6.07, 6.45) is -4.59. The van der Waals surface area contributed by atoms with Crippen molar-refractivity contribution in [2.45, 2.75) is 32.4 Å². The summed E-state index contributed by atoms with van der Waals surface area (Å²) in [5.74, 6) is -0.722. The molecule has 1 aromatic carbocycles. The molecule has 20 heavy (non-hydrogen) atoms. The molecule has 0 bridgehead atoms. The topological polar surface area (TPSA) is 12.9 Å². The minimum absolute atomic E-state index is 0.129. The van der Waals surface area contributed by atoms with Crippen molar-refractivity contribution >= 4 is 26.8 Å². The number of aromatic nitrogens is 1. The molecule has 108 valence electrons. The van der Waals surface area contributed by atoms with Gasteiger partial charge in [-0.3, -0.25) is 4.98 Å². The van der Waals surface area contributed by atoms with E-state index in [0.29, 0.717) is 5.69 Å². The Balaban J connectivity index is 2.97. The molecule has 6 heteroatoms. The van der Waals surface area contributed by atoms with Gasteiger partial charge in [0.05, 0.1) is 21.2 Å². The van der Waals surface area contributed by atoms with Gasteiger partial charge in [0.15, 0.2) is 0 Å². The normalized spacial score (nSPS) is 13.0. The highest BCUT2D eigenvalue weighted by atomic mass is 79.9. The lowest BCUT2D eigenvalue weighted by molar-refractivity contribution is -0.137. The Bertz CT molecular complexity index is 671. The van der Waals surface area contributed by atoms with Gasteiger partial charge < -0.3 is 0 Å². The molecule has 0 saturated carbocycles. The fourth-order valence-corrected chi connectivity index (χ4v) is 3.11. The Labute approximate surface area is 122 Å². The number of pyridine rings is 1. The largest absolute Gasteiger partial charge is 0.418 e. The summed E-state index contributed by atoms with van der Waals surface area (Å²) in [5.41, 5.74) is -1.02. The molecule has 0 aliphatic heterocycles. The van der Waals surface area contributed by atoms with Crippen LogP contribution in [0, 0.1) is 5.82 Å². The SMILES string of the molecule is CC(C)(C)c1nc2ccc(F)cc2c(C(F)(F)F)c1Br. The molecule has 1 nitrogen and oxygen atoms in total. The second-order valence-corrected chi connectivity index (χ2v) is 6.35. The van der Waals surface area contributed by atoms with Crippen molar-refractivity contribution in [2.75, 3.05) is 0 Å². The van der Waals surface area contributed by atoms with Crippen molar-refractivity contribution in [1.82, 2.24) is 4.98 Å². The Morgan fingerprint density at radius 3 is 2.20 bits per heavy atom. The van der Waals surface area contributed by atoms with Crippen LogP contribution in [0.4, 0.5) is 17.6 Å². The summed E-state index contributed by atoms with van der Waals surface area (Å²) < 4.78 is 53.0. The number of alkyl halides is 3. The summed E-state index contributed by atoms with van der Waals surface area (Å²) in [5, 5.41) is -0.239. The number of hydrogen-bond acceptors (Lipinski definition) is 1. The first-order chi connectivity index (χ1) is 9.01. The number of rotatable bonds is 0. The van der Waals surface area contributed by atoms with E-state index in [1.165, 1.54) is 6.07 Å². The van der Waals surface area contributed by atoms with Crippen LogP contribution in [0.1, 0.15) is 32.0 Å². The van der Waals surface area contributed by atoms with E-state index in [9.17, 15) is 17.6 Å². The minimum atomic E-state index is -4.59. The lowest BCUT2D eigenvalue weighted by Crippen LogP contribution is -2.18. The Kier molecular flexibility index (Phi) is 3.57. The predicted octanol–water partition coefficient (Wildman–Crippen LogP) is 5.45. The van der Waals surface area contributed by atoms with Gasteiger partial charge in [0.1, 0.15) is 5.82 Å². The standard InChI is InChI=1S/C14H12BrF4N/c1-13(2,3)12-11(15)10(14(17,18)19)8-6-7(16)4-5-9(8)20-12/h4-6H,1-3H3. The summed E-state index contributed by atoms with van der Waals surface area (Å²) in [7, 11) is 0. The maximum Gasteiger partial charge on any atom is 0.418 e. The lowest BCUT2D eigenvalue weighted by atomic mass is 9.89. The average molecular weight is 350 g/mol. The Morgan fingerprint density at radius 2 is 1.70 bits per heavy atom. The van der Waals surface area contributed by atoms with Crippen molar-refractivity contribution in [3.63, 3.8) is 0 Å². The van der Waals surface area contributed by atoms with Crippen LogP contribution in [0.25, 0.3) is 10.9 Å². The van der Waals surface area contributed by atoms with Crippen LogP contribution in [-0.4, -0.2) is 4.98 Å². The quantitative estimate of drug-likeness (QED) is 0.576. The van der Waals surface area contributed by atoms with Crippen molar-refractivity contribution in [3.05, 3.63) is 39.7 Å². The molecule has 0 N–H and O–H groups in total. The number of nitrogens with zero attached hydrogens (tertiary/aromatic N) is 1. The third-order valence-corrected chi connectivity index (χ3v) is 3.65. The number of hydrogen-bond donors (Lipinski definition) is 0. The zero-order valence-electron chi connectivity index (χ0n) is 11.1. The van der Waals surface area contributed by atoms with E-state index >= 15 is 0 Å². The molecule has 1 aromatic heterocycles. The minimum Gasteiger partial charge on any atom is -0.251 e. The van der Waals surface area contributed by atoms with E-state index in [2.05, 4.69) is 20.9 Å². The van der Waals surface area contributed by atoms with Crippen LogP contribution < -0.4 is 0 Å². The van der Waals surface area contributed by atoms with E-state index in [4.69, 9.17) is 0 Å². The lowest BCUT2D eigenvalue weighted by Gasteiger charge is -2.23. The average Bonchev–Trinajstić information content (AvgIpc) is 2.24. The molecule has 2 aromatic rings. The molecule has 0 aliphatic carbocycles. The van der Waals surface area contributed by atoms with Crippen LogP contribution in [0.3, 0.4) is 0 Å². The summed E-state index contributed by atoms with van der Waals surface area (Å²) in [6, 6.07) is 3.24. The highest BCUT2D eigenvalue weighted by Gasteiger charge is 2.38. The molecule has 2 rings (SSSR count). The molecule has 0 spiro atoms. The van der Waals surface area contributed by atoms with Crippen LogP contribution in [0.2, 0.25) is 0 Å². The molecular formula is C14H12BrF4N. The summed E-state index contributed by atoms with van der Waals surface area (Å²) >= 11 is 2.99. The number of benzene rings is 1. The zero-order valence-corrected chi connectivity index (χ0v) is 12.7. The van der Waals surface area contributed by atoms with Gasteiger partial charge in [-0.15, -0.1) is 0 Å². The van der Waals surface area contributed by atoms with E-state index in [1.807, 2.05) is 0 Å². The predicted molar refractivity (Wildman–Crippen MR) is 73.1 cm³/mol. The zero-order chi connectivity index (χ0) is 15.3. The first kappa shape index (κ1) is 15.2. The van der Waals surface area contributed by atoms with Gasteiger partial charge in [-0.2, -0.15) is 13.2 Å². The van der Waals surface area contributed by atoms with Gasteiger partial charge in [0, 0.05) is 10.8 Å². The monoisotopic (exact) mass is 349 g/mol. The number of halogens is 5. The molecule has 1 heterocycles. The summed E-state index contributed by atoms with van der Waals surface area (Å²) in [4.78, 5) is 4.25. The fourth-order valence-electron chi connectivity index (χ4n) is 1.99. The molecule has 0 unspecified atom stereocenters. The second-order valence-electron chi connectivity index (χ2n) is 5.56. The molecule has 0 amide bonds. The fraction of sp³-hybridized carbons (Fsp3) is 0.357. The van der Waals surface area contributed by atoms with Crippen molar-refractivity contribution in [2.24, 2.45) is 0 Å². The molecule has 0 saturated heterocycles. The Hall–Kier alpha value is -1.17. The van der Waals surface area contributed by atoms with E-state index in [0.717, 1.165) is 12.1 Å². The maximum absolute atomic E-state index is 13.3. The van der Waals surface area contributed by atoms with Gasteiger partial charge in [0.25, 0.3) is 0 Å². The van der Waals surface area contributed by atoms with Crippen molar-refractivity contribution in [1.29, 1.82) is 0 Å². The van der Waals surface area contributed by atoms with Crippen LogP contribution in [-0.2, 0) is 11.6 Å². The van der Waals surface area contributed by atoms with Gasteiger partial charge in [-0.1, -0.05) is 20.8 Å². The smallest absolute Gasteiger partial charge is 0.251 e.